The summed E-state index contributed by atoms with van der Waals surface area (Å²) >= 11 is 1.24. The molecule has 226 valence electrons. The third kappa shape index (κ3) is 6.65. The van der Waals surface area contributed by atoms with Crippen molar-refractivity contribution in [2.24, 2.45) is 4.99 Å². The molecule has 2 heterocycles. The zero-order valence-electron chi connectivity index (χ0n) is 24.6. The van der Waals surface area contributed by atoms with Crippen LogP contribution in [0.2, 0.25) is 0 Å². The maximum absolute atomic E-state index is 14.1. The Bertz CT molecular complexity index is 1840. The lowest BCUT2D eigenvalue weighted by molar-refractivity contribution is -0.145. The third-order valence-electron chi connectivity index (χ3n) is 6.72. The van der Waals surface area contributed by atoms with Gasteiger partial charge in [-0.2, -0.15) is 0 Å². The summed E-state index contributed by atoms with van der Waals surface area (Å²) in [5, 5.41) is 0. The van der Waals surface area contributed by atoms with E-state index < -0.39 is 18.0 Å². The van der Waals surface area contributed by atoms with Crippen LogP contribution in [-0.4, -0.2) is 42.9 Å². The van der Waals surface area contributed by atoms with Crippen molar-refractivity contribution in [3.05, 3.63) is 121 Å². The Hall–Kier alpha value is -4.96. The van der Waals surface area contributed by atoms with Crippen molar-refractivity contribution < 1.29 is 28.5 Å². The first-order valence-electron chi connectivity index (χ1n) is 14.3. The monoisotopic (exact) mass is 612 g/mol. The number of carbonyl (C=O) groups is 2. The fourth-order valence-electron chi connectivity index (χ4n) is 4.83. The largest absolute Gasteiger partial charge is 0.494 e. The molecule has 5 rings (SSSR count). The fourth-order valence-corrected chi connectivity index (χ4v) is 5.83. The average Bonchev–Trinajstić information content (AvgIpc) is 3.35. The van der Waals surface area contributed by atoms with Crippen LogP contribution in [0.15, 0.2) is 94.2 Å². The van der Waals surface area contributed by atoms with E-state index in [1.807, 2.05) is 61.5 Å². The first-order chi connectivity index (χ1) is 21.4. The molecule has 44 heavy (non-hydrogen) atoms. The number of carbonyl (C=O) groups excluding carboxylic acids is 2. The SMILES string of the molecule is CCOC(=O)COc1ccc(/C=c2\sc3n(c2=O)[C@H](c2ccc(OCC)cc2)C(C(=O)OCC)=C(c2ccccc2)N=3)cc1. The van der Waals surface area contributed by atoms with Crippen molar-refractivity contribution >= 4 is 35.0 Å². The molecule has 0 unspecified atom stereocenters. The van der Waals surface area contributed by atoms with Crippen molar-refractivity contribution in [3.8, 4) is 11.5 Å². The molecule has 1 aliphatic rings. The van der Waals surface area contributed by atoms with Crippen molar-refractivity contribution in [2.45, 2.75) is 26.8 Å². The molecule has 1 atom stereocenters. The van der Waals surface area contributed by atoms with Crippen molar-refractivity contribution in [2.75, 3.05) is 26.4 Å². The van der Waals surface area contributed by atoms with Gasteiger partial charge in [-0.1, -0.05) is 65.9 Å². The first kappa shape index (κ1) is 30.5. The molecule has 1 aliphatic heterocycles. The predicted molar refractivity (Wildman–Crippen MR) is 167 cm³/mol. The zero-order chi connectivity index (χ0) is 31.1. The Morgan fingerprint density at radius 3 is 2.16 bits per heavy atom. The Kier molecular flexibility index (Phi) is 9.71. The van der Waals surface area contributed by atoms with E-state index in [4.69, 9.17) is 23.9 Å². The van der Waals surface area contributed by atoms with Crippen LogP contribution in [0, 0.1) is 0 Å². The van der Waals surface area contributed by atoms with E-state index in [0.717, 1.165) is 16.7 Å². The van der Waals surface area contributed by atoms with Crippen LogP contribution < -0.4 is 24.4 Å². The van der Waals surface area contributed by atoms with Crippen molar-refractivity contribution in [3.63, 3.8) is 0 Å². The number of benzene rings is 3. The van der Waals surface area contributed by atoms with Crippen LogP contribution in [0.5, 0.6) is 11.5 Å². The summed E-state index contributed by atoms with van der Waals surface area (Å²) in [4.78, 5) is 44.6. The van der Waals surface area contributed by atoms with Gasteiger partial charge in [0, 0.05) is 5.56 Å². The summed E-state index contributed by atoms with van der Waals surface area (Å²) in [5.74, 6) is 0.195. The molecule has 1 aromatic heterocycles. The molecule has 4 aromatic rings. The van der Waals surface area contributed by atoms with Crippen molar-refractivity contribution in [1.82, 2.24) is 4.57 Å². The van der Waals surface area contributed by atoms with Crippen molar-refractivity contribution in [1.29, 1.82) is 0 Å². The average molecular weight is 613 g/mol. The molecule has 0 aliphatic carbocycles. The van der Waals surface area contributed by atoms with Gasteiger partial charge in [0.05, 0.1) is 41.7 Å². The number of nitrogens with zero attached hydrogens (tertiary/aromatic N) is 2. The standard InChI is InChI=1S/C34H32N2O7S/c1-4-40-25-18-14-24(15-19-25)31-29(33(39)42-6-3)30(23-10-8-7-9-11-23)35-34-36(31)32(38)27(44-34)20-22-12-16-26(17-13-22)43-21-28(37)41-5-2/h7-20,31H,4-6,21H2,1-3H3/b27-20-/t31-/m1/s1. The number of thiazole rings is 1. The topological polar surface area (TPSA) is 105 Å². The lowest BCUT2D eigenvalue weighted by Gasteiger charge is -2.26. The Balaban J connectivity index is 1.63. The number of esters is 2. The zero-order valence-corrected chi connectivity index (χ0v) is 25.5. The summed E-state index contributed by atoms with van der Waals surface area (Å²) in [7, 11) is 0. The lowest BCUT2D eigenvalue weighted by atomic mass is 9.93. The van der Waals surface area contributed by atoms with Crippen LogP contribution in [-0.2, 0) is 19.1 Å². The molecule has 0 N–H and O–H groups in total. The summed E-state index contributed by atoms with van der Waals surface area (Å²) in [6.07, 6.45) is 1.77. The lowest BCUT2D eigenvalue weighted by Crippen LogP contribution is -2.40. The minimum Gasteiger partial charge on any atom is -0.494 e. The number of rotatable bonds is 11. The first-order valence-corrected chi connectivity index (χ1v) is 15.1. The van der Waals surface area contributed by atoms with Crippen LogP contribution in [0.4, 0.5) is 0 Å². The molecular formula is C34H32N2O7S. The molecule has 3 aromatic carbocycles. The normalized spacial score (nSPS) is 14.4. The second-order valence-corrected chi connectivity index (χ2v) is 10.6. The molecule has 0 amide bonds. The van der Waals surface area contributed by atoms with Gasteiger partial charge in [0.1, 0.15) is 11.5 Å². The Morgan fingerprint density at radius 2 is 1.50 bits per heavy atom. The maximum Gasteiger partial charge on any atom is 0.344 e. The van der Waals surface area contributed by atoms with Gasteiger partial charge in [0.15, 0.2) is 11.4 Å². The van der Waals surface area contributed by atoms with Crippen LogP contribution in [0.3, 0.4) is 0 Å². The summed E-state index contributed by atoms with van der Waals surface area (Å²) < 4.78 is 23.5. The highest BCUT2D eigenvalue weighted by Gasteiger charge is 2.35. The van der Waals surface area contributed by atoms with Gasteiger partial charge < -0.3 is 18.9 Å². The van der Waals surface area contributed by atoms with E-state index in [2.05, 4.69) is 0 Å². The summed E-state index contributed by atoms with van der Waals surface area (Å²) in [5.41, 5.74) is 2.66. The van der Waals surface area contributed by atoms with Gasteiger partial charge in [0.25, 0.3) is 5.56 Å². The van der Waals surface area contributed by atoms with E-state index in [1.165, 1.54) is 11.3 Å². The molecule has 9 nitrogen and oxygen atoms in total. The van der Waals surface area contributed by atoms with E-state index in [9.17, 15) is 14.4 Å². The molecular weight excluding hydrogens is 580 g/mol. The van der Waals surface area contributed by atoms with E-state index in [1.54, 1.807) is 48.8 Å². The number of hydrogen-bond donors (Lipinski definition) is 0. The maximum atomic E-state index is 14.1. The second-order valence-electron chi connectivity index (χ2n) is 9.60. The minimum absolute atomic E-state index is 0.171. The Morgan fingerprint density at radius 1 is 0.841 bits per heavy atom. The molecule has 0 fully saturated rings. The number of fused-ring (bicyclic) bond motifs is 1. The van der Waals surface area contributed by atoms with E-state index in [0.29, 0.717) is 33.1 Å². The van der Waals surface area contributed by atoms with E-state index >= 15 is 0 Å². The minimum atomic E-state index is -0.781. The van der Waals surface area contributed by atoms with E-state index in [-0.39, 0.29) is 31.0 Å². The highest BCUT2D eigenvalue weighted by molar-refractivity contribution is 7.07. The van der Waals surface area contributed by atoms with Gasteiger partial charge in [-0.25, -0.2) is 14.6 Å². The number of aromatic nitrogens is 1. The fraction of sp³-hybridized carbons (Fsp3) is 0.235. The predicted octanol–water partition coefficient (Wildman–Crippen LogP) is 4.28. The second kappa shape index (κ2) is 14.0. The molecule has 0 radical (unpaired) electrons. The van der Waals surface area contributed by atoms with Gasteiger partial charge >= 0.3 is 11.9 Å². The van der Waals surface area contributed by atoms with Gasteiger partial charge in [-0.15, -0.1) is 0 Å². The molecule has 0 spiro atoms. The van der Waals surface area contributed by atoms with Gasteiger partial charge in [-0.05, 0) is 62.2 Å². The number of ether oxygens (including phenoxy) is 4. The molecule has 10 heteroatoms. The molecule has 0 saturated carbocycles. The Labute approximate surface area is 258 Å². The molecule has 0 bridgehead atoms. The van der Waals surface area contributed by atoms with Gasteiger partial charge in [-0.3, -0.25) is 9.36 Å². The number of hydrogen-bond acceptors (Lipinski definition) is 9. The smallest absolute Gasteiger partial charge is 0.344 e. The van der Waals surface area contributed by atoms with Crippen LogP contribution >= 0.6 is 11.3 Å². The quantitative estimate of drug-likeness (QED) is 0.233. The van der Waals surface area contributed by atoms with Crippen LogP contribution in [0.25, 0.3) is 11.8 Å². The molecule has 0 saturated heterocycles. The summed E-state index contributed by atoms with van der Waals surface area (Å²) in [6.45, 7) is 6.16. The van der Waals surface area contributed by atoms with Crippen LogP contribution in [0.1, 0.15) is 43.5 Å². The van der Waals surface area contributed by atoms with Gasteiger partial charge in [0.2, 0.25) is 0 Å². The highest BCUT2D eigenvalue weighted by atomic mass is 32.1. The third-order valence-corrected chi connectivity index (χ3v) is 7.70. The summed E-state index contributed by atoms with van der Waals surface area (Å²) in [6, 6.07) is 23.0. The highest BCUT2D eigenvalue weighted by Crippen LogP contribution is 2.35.